The van der Waals surface area contributed by atoms with Crippen LogP contribution in [-0.4, -0.2) is 52.5 Å². The van der Waals surface area contributed by atoms with Crippen molar-refractivity contribution in [3.63, 3.8) is 0 Å². The number of rotatable bonds is 10. The first-order chi connectivity index (χ1) is 11.6. The highest BCUT2D eigenvalue weighted by molar-refractivity contribution is 7.46. The van der Waals surface area contributed by atoms with Gasteiger partial charge in [0.25, 0.3) is 5.56 Å². The third-order valence-electron chi connectivity index (χ3n) is 3.01. The van der Waals surface area contributed by atoms with Crippen LogP contribution in [0.2, 0.25) is 0 Å². The van der Waals surface area contributed by atoms with Gasteiger partial charge in [0, 0.05) is 6.66 Å². The summed E-state index contributed by atoms with van der Waals surface area (Å²) in [6.07, 6.45) is 2.26. The van der Waals surface area contributed by atoms with Crippen molar-refractivity contribution >= 4 is 19.5 Å². The molecule has 0 bridgehead atoms. The summed E-state index contributed by atoms with van der Waals surface area (Å²) in [4.78, 5) is 25.9. The minimum Gasteiger partial charge on any atom is -0.361 e. The number of nitrogens with one attached hydrogen (secondary N) is 1. The van der Waals surface area contributed by atoms with Crippen molar-refractivity contribution in [2.75, 3.05) is 33.0 Å². The third kappa shape index (κ3) is 5.35. The first kappa shape index (κ1) is 18.5. The molecule has 0 amide bonds. The van der Waals surface area contributed by atoms with Crippen LogP contribution in [0.1, 0.15) is 12.2 Å². The SMILES string of the molecule is [C-]#[N+]CCOP(C)OCCCOCn1cnc2c(=O)[nH]c(C)nc21. The second-order valence-electron chi connectivity index (χ2n) is 4.92. The predicted octanol–water partition coefficient (Wildman–Crippen LogP) is 1.69. The van der Waals surface area contributed by atoms with E-state index in [1.165, 1.54) is 0 Å². The van der Waals surface area contributed by atoms with E-state index in [1.807, 2.05) is 6.66 Å². The van der Waals surface area contributed by atoms with Crippen LogP contribution in [0.25, 0.3) is 16.0 Å². The highest BCUT2D eigenvalue weighted by Gasteiger charge is 2.08. The molecule has 2 aromatic heterocycles. The Morgan fingerprint density at radius 3 is 2.96 bits per heavy atom. The quantitative estimate of drug-likeness (QED) is 0.397. The predicted molar refractivity (Wildman–Crippen MR) is 89.7 cm³/mol. The van der Waals surface area contributed by atoms with E-state index in [-0.39, 0.29) is 12.3 Å². The first-order valence-electron chi connectivity index (χ1n) is 7.44. The molecule has 0 saturated heterocycles. The van der Waals surface area contributed by atoms with Crippen LogP contribution in [0.15, 0.2) is 11.1 Å². The van der Waals surface area contributed by atoms with Gasteiger partial charge in [-0.15, -0.1) is 0 Å². The average molecular weight is 353 g/mol. The molecular weight excluding hydrogens is 333 g/mol. The summed E-state index contributed by atoms with van der Waals surface area (Å²) in [5.41, 5.74) is 0.567. The van der Waals surface area contributed by atoms with Crippen LogP contribution in [0.5, 0.6) is 0 Å². The minimum absolute atomic E-state index is 0.251. The standard InChI is InChI=1S/C14H20N5O4P/c1-11-17-13-12(14(20)18-11)16-9-19(13)10-21-6-4-7-22-24(3)23-8-5-15-2/h9H,4-8,10H2,1,3H3,(H,17,18,20). The Balaban J connectivity index is 1.68. The van der Waals surface area contributed by atoms with E-state index in [1.54, 1.807) is 17.8 Å². The van der Waals surface area contributed by atoms with Crippen molar-refractivity contribution < 1.29 is 13.8 Å². The van der Waals surface area contributed by atoms with Crippen LogP contribution in [0, 0.1) is 13.5 Å². The maximum Gasteiger partial charge on any atom is 0.279 e. The molecule has 0 fully saturated rings. The van der Waals surface area contributed by atoms with Crippen LogP contribution in [0.4, 0.5) is 0 Å². The summed E-state index contributed by atoms with van der Waals surface area (Å²) < 4.78 is 18.1. The normalized spacial score (nSPS) is 12.4. The van der Waals surface area contributed by atoms with E-state index < -0.39 is 8.38 Å². The minimum atomic E-state index is -0.942. The molecule has 130 valence electrons. The monoisotopic (exact) mass is 353 g/mol. The molecular formula is C14H20N5O4P. The number of ether oxygens (including phenoxy) is 1. The van der Waals surface area contributed by atoms with Crippen molar-refractivity contribution in [3.8, 4) is 0 Å². The second kappa shape index (κ2) is 9.45. The summed E-state index contributed by atoms with van der Waals surface area (Å²) in [5, 5.41) is 0. The molecule has 2 aromatic rings. The summed E-state index contributed by atoms with van der Waals surface area (Å²) in [6.45, 7) is 12.3. The van der Waals surface area contributed by atoms with Gasteiger partial charge in [-0.1, -0.05) is 0 Å². The summed E-state index contributed by atoms with van der Waals surface area (Å²) in [7, 11) is -0.942. The molecule has 2 rings (SSSR count). The van der Waals surface area contributed by atoms with Gasteiger partial charge >= 0.3 is 0 Å². The van der Waals surface area contributed by atoms with E-state index in [2.05, 4.69) is 19.8 Å². The van der Waals surface area contributed by atoms with Crippen LogP contribution in [-0.2, 0) is 20.5 Å². The third-order valence-corrected chi connectivity index (χ3v) is 4.10. The lowest BCUT2D eigenvalue weighted by molar-refractivity contribution is 0.0695. The lowest BCUT2D eigenvalue weighted by atomic mass is 10.5. The number of nitrogens with zero attached hydrogens (tertiary/aromatic N) is 4. The molecule has 0 aliphatic rings. The van der Waals surface area contributed by atoms with Gasteiger partial charge in [-0.2, -0.15) is 0 Å². The van der Waals surface area contributed by atoms with Crippen LogP contribution < -0.4 is 5.56 Å². The Bertz CT molecular complexity index is 754. The fourth-order valence-electron chi connectivity index (χ4n) is 1.93. The number of aromatic nitrogens is 4. The molecule has 0 aromatic carbocycles. The molecule has 9 nitrogen and oxygen atoms in total. The van der Waals surface area contributed by atoms with Crippen molar-refractivity contribution in [1.82, 2.24) is 19.5 Å². The van der Waals surface area contributed by atoms with Gasteiger partial charge in [0.1, 0.15) is 19.2 Å². The molecule has 2 heterocycles. The smallest absolute Gasteiger partial charge is 0.279 e. The van der Waals surface area contributed by atoms with E-state index in [9.17, 15) is 4.79 Å². The molecule has 1 atom stereocenters. The topological polar surface area (TPSA) is 95.6 Å². The number of aryl methyl sites for hydroxylation is 1. The first-order valence-corrected chi connectivity index (χ1v) is 9.06. The molecule has 1 unspecified atom stereocenters. The van der Waals surface area contributed by atoms with E-state index in [0.717, 1.165) is 6.42 Å². The molecule has 0 radical (unpaired) electrons. The zero-order valence-corrected chi connectivity index (χ0v) is 14.6. The Hall–Kier alpha value is -1.85. The Morgan fingerprint density at radius 1 is 1.38 bits per heavy atom. The molecule has 0 aliphatic carbocycles. The zero-order valence-electron chi connectivity index (χ0n) is 13.7. The molecule has 24 heavy (non-hydrogen) atoms. The van der Waals surface area contributed by atoms with E-state index >= 15 is 0 Å². The Labute approximate surface area is 140 Å². The number of hydrogen-bond acceptors (Lipinski definition) is 6. The maximum absolute atomic E-state index is 11.7. The van der Waals surface area contributed by atoms with Crippen LogP contribution >= 0.6 is 8.38 Å². The van der Waals surface area contributed by atoms with Crippen molar-refractivity contribution in [1.29, 1.82) is 0 Å². The fraction of sp³-hybridized carbons (Fsp3) is 0.571. The lowest BCUT2D eigenvalue weighted by Gasteiger charge is -2.11. The fourth-order valence-corrected chi connectivity index (χ4v) is 2.73. The highest BCUT2D eigenvalue weighted by atomic mass is 31.2. The summed E-state index contributed by atoms with van der Waals surface area (Å²) >= 11 is 0. The van der Waals surface area contributed by atoms with Gasteiger partial charge in [0.05, 0.1) is 19.5 Å². The largest absolute Gasteiger partial charge is 0.361 e. The molecule has 1 N–H and O–H groups in total. The number of imidazole rings is 1. The van der Waals surface area contributed by atoms with Crippen LogP contribution in [0.3, 0.4) is 0 Å². The van der Waals surface area contributed by atoms with Gasteiger partial charge in [-0.3, -0.25) is 9.36 Å². The van der Waals surface area contributed by atoms with Crippen molar-refractivity contribution in [2.45, 2.75) is 20.1 Å². The Morgan fingerprint density at radius 2 is 2.17 bits per heavy atom. The van der Waals surface area contributed by atoms with Gasteiger partial charge in [0.2, 0.25) is 6.54 Å². The lowest BCUT2D eigenvalue weighted by Crippen LogP contribution is -2.11. The van der Waals surface area contributed by atoms with Gasteiger partial charge in [-0.25, -0.2) is 16.5 Å². The second-order valence-corrected chi connectivity index (χ2v) is 6.31. The van der Waals surface area contributed by atoms with Gasteiger partial charge in [0.15, 0.2) is 19.5 Å². The maximum atomic E-state index is 11.7. The number of H-pyrrole nitrogens is 1. The zero-order chi connectivity index (χ0) is 17.4. The van der Waals surface area contributed by atoms with Crippen molar-refractivity contribution in [2.24, 2.45) is 0 Å². The number of aromatic amines is 1. The molecule has 0 aliphatic heterocycles. The summed E-state index contributed by atoms with van der Waals surface area (Å²) in [5.74, 6) is 0.539. The number of hydrogen-bond donors (Lipinski definition) is 1. The van der Waals surface area contributed by atoms with Crippen molar-refractivity contribution in [3.05, 3.63) is 33.9 Å². The van der Waals surface area contributed by atoms with Gasteiger partial charge in [-0.05, 0) is 13.3 Å². The number of fused-ring (bicyclic) bond motifs is 1. The molecule has 10 heteroatoms. The van der Waals surface area contributed by atoms with E-state index in [0.29, 0.717) is 43.4 Å². The van der Waals surface area contributed by atoms with E-state index in [4.69, 9.17) is 20.4 Å². The molecule has 0 spiro atoms. The average Bonchev–Trinajstić information content (AvgIpc) is 2.94. The summed E-state index contributed by atoms with van der Waals surface area (Å²) in [6, 6.07) is 0. The van der Waals surface area contributed by atoms with Gasteiger partial charge < -0.3 is 23.6 Å². The molecule has 0 saturated carbocycles. The Kier molecular flexibility index (Phi) is 7.28. The highest BCUT2D eigenvalue weighted by Crippen LogP contribution is 2.32.